The van der Waals surface area contributed by atoms with Crippen molar-refractivity contribution in [1.82, 2.24) is 20.1 Å². The summed E-state index contributed by atoms with van der Waals surface area (Å²) in [5.41, 5.74) is 5.49. The molecule has 2 aromatic heterocycles. The van der Waals surface area contributed by atoms with Crippen molar-refractivity contribution in [3.63, 3.8) is 0 Å². The molecule has 1 N–H and O–H groups in total. The quantitative estimate of drug-likeness (QED) is 0.398. The molecule has 7 nitrogen and oxygen atoms in total. The number of carbonyl (C=O) groups excluding carboxylic acids is 1. The Kier molecular flexibility index (Phi) is 6.63. The highest BCUT2D eigenvalue weighted by molar-refractivity contribution is 6.06. The molecule has 5 rings (SSSR count). The number of aryl methyl sites for hydroxylation is 1. The van der Waals surface area contributed by atoms with Gasteiger partial charge in [-0.2, -0.15) is 5.10 Å². The molecule has 4 aromatic rings. The number of hydrogen-bond donors (Lipinski definition) is 1. The number of piperidine rings is 1. The maximum absolute atomic E-state index is 13.6. The van der Waals surface area contributed by atoms with E-state index in [0.717, 1.165) is 59.5 Å². The van der Waals surface area contributed by atoms with Gasteiger partial charge in [-0.3, -0.25) is 4.79 Å². The second kappa shape index (κ2) is 10.0. The molecule has 3 heterocycles. The van der Waals surface area contributed by atoms with Crippen molar-refractivity contribution in [2.24, 2.45) is 0 Å². The largest absolute Gasteiger partial charge is 0.497 e. The van der Waals surface area contributed by atoms with Crippen LogP contribution in [0.2, 0.25) is 0 Å². The topological polar surface area (TPSA) is 72.3 Å². The molecule has 1 aliphatic heterocycles. The Morgan fingerprint density at radius 2 is 1.81 bits per heavy atom. The van der Waals surface area contributed by atoms with E-state index >= 15 is 0 Å². The van der Waals surface area contributed by atoms with Gasteiger partial charge in [-0.25, -0.2) is 9.67 Å². The second-order valence-electron chi connectivity index (χ2n) is 9.72. The molecule has 0 spiro atoms. The summed E-state index contributed by atoms with van der Waals surface area (Å²) in [6.45, 7) is 8.00. The highest BCUT2D eigenvalue weighted by Gasteiger charge is 2.24. The zero-order chi connectivity index (χ0) is 25.2. The number of amides is 1. The van der Waals surface area contributed by atoms with Gasteiger partial charge in [0.1, 0.15) is 5.75 Å². The molecular formula is C29H33N5O2. The van der Waals surface area contributed by atoms with Gasteiger partial charge in [-0.1, -0.05) is 24.3 Å². The normalized spacial score (nSPS) is 14.4. The summed E-state index contributed by atoms with van der Waals surface area (Å²) >= 11 is 0. The van der Waals surface area contributed by atoms with E-state index < -0.39 is 0 Å². The number of pyridine rings is 1. The Balaban J connectivity index is 1.38. The molecule has 2 aromatic carbocycles. The van der Waals surface area contributed by atoms with Crippen LogP contribution in [0.4, 0.5) is 5.69 Å². The Labute approximate surface area is 212 Å². The first-order valence-electron chi connectivity index (χ1n) is 12.6. The average molecular weight is 484 g/mol. The number of nitrogens with zero attached hydrogens (tertiary/aromatic N) is 4. The van der Waals surface area contributed by atoms with Gasteiger partial charge in [-0.05, 0) is 69.5 Å². The van der Waals surface area contributed by atoms with Gasteiger partial charge in [0, 0.05) is 36.4 Å². The minimum Gasteiger partial charge on any atom is -0.497 e. The standard InChI is InChI=1S/C29H33N5O2/c1-19(2)34-28-26(18-30-34)25(17-27(32-28)24-8-6-5-7-20(24)3)29(35)31-21-13-15-33(16-14-21)22-9-11-23(36-4)12-10-22/h5-12,17-19,21H,13-16H2,1-4H3,(H,31,35). The lowest BCUT2D eigenvalue weighted by atomic mass is 10.0. The molecule has 0 aliphatic carbocycles. The summed E-state index contributed by atoms with van der Waals surface area (Å²) in [7, 11) is 1.68. The van der Waals surface area contributed by atoms with E-state index in [9.17, 15) is 4.79 Å². The van der Waals surface area contributed by atoms with Crippen LogP contribution in [0.5, 0.6) is 5.75 Å². The highest BCUT2D eigenvalue weighted by atomic mass is 16.5. The number of ether oxygens (including phenoxy) is 1. The molecule has 0 atom stereocenters. The summed E-state index contributed by atoms with van der Waals surface area (Å²) in [6, 6.07) is 18.5. The summed E-state index contributed by atoms with van der Waals surface area (Å²) in [6.07, 6.45) is 3.55. The number of nitrogens with one attached hydrogen (secondary N) is 1. The van der Waals surface area contributed by atoms with Crippen LogP contribution in [0, 0.1) is 6.92 Å². The van der Waals surface area contributed by atoms with Gasteiger partial charge < -0.3 is 15.0 Å². The third-order valence-corrected chi connectivity index (χ3v) is 6.99. The van der Waals surface area contributed by atoms with Gasteiger partial charge in [0.15, 0.2) is 5.65 Å². The van der Waals surface area contributed by atoms with Crippen molar-refractivity contribution >= 4 is 22.6 Å². The first kappa shape index (κ1) is 23.9. The van der Waals surface area contributed by atoms with Crippen molar-refractivity contribution in [2.45, 2.75) is 45.7 Å². The zero-order valence-corrected chi connectivity index (χ0v) is 21.4. The number of aromatic nitrogens is 3. The number of methoxy groups -OCH3 is 1. The van der Waals surface area contributed by atoms with Gasteiger partial charge >= 0.3 is 0 Å². The second-order valence-corrected chi connectivity index (χ2v) is 9.72. The van der Waals surface area contributed by atoms with Gasteiger partial charge in [0.25, 0.3) is 5.91 Å². The molecule has 1 fully saturated rings. The number of fused-ring (bicyclic) bond motifs is 1. The van der Waals surface area contributed by atoms with E-state index in [0.29, 0.717) is 5.56 Å². The van der Waals surface area contributed by atoms with Crippen molar-refractivity contribution in [2.75, 3.05) is 25.1 Å². The van der Waals surface area contributed by atoms with Gasteiger partial charge in [0.2, 0.25) is 0 Å². The van der Waals surface area contributed by atoms with E-state index in [4.69, 9.17) is 9.72 Å². The number of anilines is 1. The van der Waals surface area contributed by atoms with E-state index in [-0.39, 0.29) is 18.0 Å². The Morgan fingerprint density at radius 1 is 1.08 bits per heavy atom. The summed E-state index contributed by atoms with van der Waals surface area (Å²) in [5.74, 6) is 0.791. The lowest BCUT2D eigenvalue weighted by Gasteiger charge is -2.34. The lowest BCUT2D eigenvalue weighted by Crippen LogP contribution is -2.44. The fourth-order valence-electron chi connectivity index (χ4n) is 4.92. The summed E-state index contributed by atoms with van der Waals surface area (Å²) in [5, 5.41) is 8.64. The third-order valence-electron chi connectivity index (χ3n) is 6.99. The Hall–Kier alpha value is -3.87. The van der Waals surface area contributed by atoms with Crippen LogP contribution in [-0.2, 0) is 0 Å². The molecule has 186 valence electrons. The smallest absolute Gasteiger partial charge is 0.252 e. The zero-order valence-electron chi connectivity index (χ0n) is 21.4. The molecular weight excluding hydrogens is 450 g/mol. The molecule has 1 saturated heterocycles. The molecule has 0 radical (unpaired) electrons. The monoisotopic (exact) mass is 483 g/mol. The number of carbonyl (C=O) groups is 1. The van der Waals surface area contributed by atoms with Crippen LogP contribution in [0.1, 0.15) is 48.7 Å². The number of hydrogen-bond acceptors (Lipinski definition) is 5. The first-order valence-corrected chi connectivity index (χ1v) is 12.6. The maximum atomic E-state index is 13.6. The molecule has 0 unspecified atom stereocenters. The van der Waals surface area contributed by atoms with Crippen LogP contribution in [0.25, 0.3) is 22.3 Å². The van der Waals surface area contributed by atoms with Crippen molar-refractivity contribution in [3.8, 4) is 17.0 Å². The molecule has 7 heteroatoms. The van der Waals surface area contributed by atoms with Crippen LogP contribution in [0.15, 0.2) is 60.8 Å². The van der Waals surface area contributed by atoms with Gasteiger partial charge in [-0.15, -0.1) is 0 Å². The van der Waals surface area contributed by atoms with E-state index in [1.165, 1.54) is 5.69 Å². The molecule has 36 heavy (non-hydrogen) atoms. The predicted octanol–water partition coefficient (Wildman–Crippen LogP) is 5.40. The van der Waals surface area contributed by atoms with Crippen molar-refractivity contribution < 1.29 is 9.53 Å². The van der Waals surface area contributed by atoms with Crippen LogP contribution in [0.3, 0.4) is 0 Å². The van der Waals surface area contributed by atoms with Crippen molar-refractivity contribution in [3.05, 3.63) is 71.9 Å². The fourth-order valence-corrected chi connectivity index (χ4v) is 4.92. The number of rotatable bonds is 6. The Bertz CT molecular complexity index is 1370. The molecule has 0 bridgehead atoms. The number of benzene rings is 2. The summed E-state index contributed by atoms with van der Waals surface area (Å²) < 4.78 is 7.16. The third kappa shape index (κ3) is 4.65. The van der Waals surface area contributed by atoms with Crippen LogP contribution >= 0.6 is 0 Å². The fraction of sp³-hybridized carbons (Fsp3) is 0.345. The van der Waals surface area contributed by atoms with E-state index in [2.05, 4.69) is 60.4 Å². The average Bonchev–Trinajstić information content (AvgIpc) is 3.33. The molecule has 0 saturated carbocycles. The minimum atomic E-state index is -0.0663. The Morgan fingerprint density at radius 3 is 2.47 bits per heavy atom. The predicted molar refractivity (Wildman–Crippen MR) is 144 cm³/mol. The van der Waals surface area contributed by atoms with Crippen LogP contribution in [-0.4, -0.2) is 46.9 Å². The summed E-state index contributed by atoms with van der Waals surface area (Å²) in [4.78, 5) is 20.9. The SMILES string of the molecule is COc1ccc(N2CCC(NC(=O)c3cc(-c4ccccc4C)nc4c3cnn4C(C)C)CC2)cc1. The van der Waals surface area contributed by atoms with E-state index in [1.54, 1.807) is 13.3 Å². The first-order chi connectivity index (χ1) is 17.4. The van der Waals surface area contributed by atoms with Gasteiger partial charge in [0.05, 0.1) is 30.0 Å². The lowest BCUT2D eigenvalue weighted by molar-refractivity contribution is 0.0932. The maximum Gasteiger partial charge on any atom is 0.252 e. The molecule has 1 amide bonds. The highest BCUT2D eigenvalue weighted by Crippen LogP contribution is 2.29. The van der Waals surface area contributed by atoms with Crippen LogP contribution < -0.4 is 15.0 Å². The molecule has 1 aliphatic rings. The van der Waals surface area contributed by atoms with Crippen molar-refractivity contribution in [1.29, 1.82) is 0 Å². The minimum absolute atomic E-state index is 0.0663. The van der Waals surface area contributed by atoms with E-state index in [1.807, 2.05) is 35.0 Å².